The average molecular weight is 297 g/mol. The molecular formula is C15H24FN3S. The molecule has 3 nitrogen and oxygen atoms in total. The van der Waals surface area contributed by atoms with E-state index in [9.17, 15) is 4.39 Å². The first-order valence-corrected chi connectivity index (χ1v) is 8.40. The molecule has 1 saturated heterocycles. The minimum absolute atomic E-state index is 0.164. The van der Waals surface area contributed by atoms with Crippen LogP contribution in [0, 0.1) is 5.82 Å². The normalized spacial score (nSPS) is 19.6. The van der Waals surface area contributed by atoms with E-state index in [0.29, 0.717) is 29.2 Å². The fraction of sp³-hybridized carbons (Fsp3) is 0.667. The van der Waals surface area contributed by atoms with E-state index in [-0.39, 0.29) is 5.82 Å². The molecule has 0 bridgehead atoms. The Hall–Kier alpha value is -0.810. The van der Waals surface area contributed by atoms with Crippen molar-refractivity contribution in [2.24, 2.45) is 0 Å². The summed E-state index contributed by atoms with van der Waals surface area (Å²) in [5.74, 6) is 1.41. The summed E-state index contributed by atoms with van der Waals surface area (Å²) in [6.45, 7) is 8.65. The Balaban J connectivity index is 2.13. The fourth-order valence-corrected chi connectivity index (χ4v) is 3.48. The van der Waals surface area contributed by atoms with Crippen LogP contribution < -0.4 is 10.2 Å². The Bertz CT molecular complexity index is 439. The largest absolute Gasteiger partial charge is 0.352 e. The van der Waals surface area contributed by atoms with E-state index in [4.69, 9.17) is 0 Å². The summed E-state index contributed by atoms with van der Waals surface area (Å²) in [6, 6.07) is 2.12. The third-order valence-electron chi connectivity index (χ3n) is 3.55. The van der Waals surface area contributed by atoms with Gasteiger partial charge >= 0.3 is 0 Å². The minimum Gasteiger partial charge on any atom is -0.352 e. The topological polar surface area (TPSA) is 28.2 Å². The molecule has 1 fully saturated rings. The summed E-state index contributed by atoms with van der Waals surface area (Å²) in [6.07, 6.45) is 2.84. The van der Waals surface area contributed by atoms with Crippen LogP contribution in [0.15, 0.2) is 12.3 Å². The van der Waals surface area contributed by atoms with Crippen molar-refractivity contribution < 1.29 is 4.39 Å². The van der Waals surface area contributed by atoms with Crippen LogP contribution in [0.5, 0.6) is 0 Å². The van der Waals surface area contributed by atoms with Crippen molar-refractivity contribution in [3.05, 3.63) is 23.6 Å². The number of aromatic nitrogens is 1. The van der Waals surface area contributed by atoms with Gasteiger partial charge in [0.05, 0.1) is 0 Å². The van der Waals surface area contributed by atoms with Crippen molar-refractivity contribution in [2.75, 3.05) is 23.7 Å². The van der Waals surface area contributed by atoms with Crippen molar-refractivity contribution in [3.8, 4) is 0 Å². The van der Waals surface area contributed by atoms with Gasteiger partial charge in [-0.3, -0.25) is 0 Å². The zero-order valence-electron chi connectivity index (χ0n) is 12.5. The van der Waals surface area contributed by atoms with Crippen LogP contribution in [-0.4, -0.2) is 35.1 Å². The zero-order chi connectivity index (χ0) is 14.5. The van der Waals surface area contributed by atoms with Gasteiger partial charge in [-0.2, -0.15) is 11.8 Å². The van der Waals surface area contributed by atoms with E-state index < -0.39 is 0 Å². The molecule has 112 valence electrons. The van der Waals surface area contributed by atoms with E-state index in [1.54, 1.807) is 12.3 Å². The molecule has 0 radical (unpaired) electrons. The van der Waals surface area contributed by atoms with E-state index >= 15 is 0 Å². The van der Waals surface area contributed by atoms with Gasteiger partial charge in [-0.15, -0.1) is 0 Å². The van der Waals surface area contributed by atoms with Crippen molar-refractivity contribution in [2.45, 2.75) is 45.0 Å². The summed E-state index contributed by atoms with van der Waals surface area (Å²) in [7, 11) is 0. The Morgan fingerprint density at radius 2 is 2.35 bits per heavy atom. The Morgan fingerprint density at radius 3 is 3.05 bits per heavy atom. The van der Waals surface area contributed by atoms with Crippen molar-refractivity contribution in [1.29, 1.82) is 0 Å². The molecule has 0 saturated carbocycles. The number of hydrogen-bond donors (Lipinski definition) is 1. The second-order valence-electron chi connectivity index (χ2n) is 5.49. The zero-order valence-corrected chi connectivity index (χ0v) is 13.3. The lowest BCUT2D eigenvalue weighted by Gasteiger charge is -2.33. The van der Waals surface area contributed by atoms with Gasteiger partial charge in [0.25, 0.3) is 0 Å². The molecular weight excluding hydrogens is 273 g/mol. The number of hydrogen-bond acceptors (Lipinski definition) is 4. The maximum Gasteiger partial charge on any atom is 0.170 e. The molecule has 20 heavy (non-hydrogen) atoms. The number of thioether (sulfide) groups is 1. The van der Waals surface area contributed by atoms with E-state index in [2.05, 4.69) is 36.0 Å². The highest BCUT2D eigenvalue weighted by Gasteiger charge is 2.23. The molecule has 1 unspecified atom stereocenters. The van der Waals surface area contributed by atoms with E-state index in [1.807, 2.05) is 11.8 Å². The number of pyridine rings is 1. The lowest BCUT2D eigenvalue weighted by atomic mass is 10.2. The van der Waals surface area contributed by atoms with Gasteiger partial charge < -0.3 is 10.2 Å². The van der Waals surface area contributed by atoms with E-state index in [1.165, 1.54) is 0 Å². The van der Waals surface area contributed by atoms with Crippen LogP contribution in [0.25, 0.3) is 0 Å². The molecule has 2 rings (SSSR count). The van der Waals surface area contributed by atoms with Gasteiger partial charge in [-0.1, -0.05) is 20.8 Å². The minimum atomic E-state index is -0.164. The van der Waals surface area contributed by atoms with Gasteiger partial charge in [0.1, 0.15) is 0 Å². The highest BCUT2D eigenvalue weighted by molar-refractivity contribution is 8.00. The first kappa shape index (κ1) is 15.6. The average Bonchev–Trinajstić information content (AvgIpc) is 2.46. The highest BCUT2D eigenvalue weighted by atomic mass is 32.2. The Kier molecular flexibility index (Phi) is 5.66. The number of halogens is 1. The molecule has 0 aliphatic carbocycles. The van der Waals surface area contributed by atoms with Gasteiger partial charge in [-0.25, -0.2) is 9.37 Å². The molecule has 2 heterocycles. The monoisotopic (exact) mass is 297 g/mol. The molecule has 1 aromatic heterocycles. The van der Waals surface area contributed by atoms with Crippen LogP contribution in [0.3, 0.4) is 0 Å². The van der Waals surface area contributed by atoms with Gasteiger partial charge in [0, 0.05) is 48.4 Å². The van der Waals surface area contributed by atoms with Gasteiger partial charge in [-0.05, 0) is 12.5 Å². The molecule has 1 aliphatic rings. The molecule has 0 aromatic carbocycles. The highest BCUT2D eigenvalue weighted by Crippen LogP contribution is 2.27. The molecule has 1 aromatic rings. The lowest BCUT2D eigenvalue weighted by Crippen LogP contribution is -2.38. The molecule has 5 heteroatoms. The Morgan fingerprint density at radius 1 is 1.55 bits per heavy atom. The maximum atomic E-state index is 14.6. The van der Waals surface area contributed by atoms with Crippen LogP contribution >= 0.6 is 11.8 Å². The van der Waals surface area contributed by atoms with Gasteiger partial charge in [0.2, 0.25) is 0 Å². The molecule has 0 spiro atoms. The van der Waals surface area contributed by atoms with Crippen LogP contribution in [0.2, 0.25) is 0 Å². The van der Waals surface area contributed by atoms with Crippen molar-refractivity contribution >= 4 is 17.6 Å². The predicted molar refractivity (Wildman–Crippen MR) is 84.9 cm³/mol. The Labute approximate surface area is 125 Å². The first-order chi connectivity index (χ1) is 9.61. The number of nitrogens with one attached hydrogen (secondary N) is 1. The summed E-state index contributed by atoms with van der Waals surface area (Å²) in [4.78, 5) is 6.37. The van der Waals surface area contributed by atoms with Crippen molar-refractivity contribution in [3.63, 3.8) is 0 Å². The summed E-state index contributed by atoms with van der Waals surface area (Å²) in [5.41, 5.74) is 0.704. The second-order valence-corrected chi connectivity index (χ2v) is 6.90. The SMILES string of the molecule is CCC1CN(c2nccc(CNC(C)C)c2F)CCS1. The molecule has 1 atom stereocenters. The number of rotatable bonds is 5. The van der Waals surface area contributed by atoms with Crippen LogP contribution in [0.1, 0.15) is 32.8 Å². The maximum absolute atomic E-state index is 14.6. The predicted octanol–water partition coefficient (Wildman–Crippen LogP) is 3.05. The summed E-state index contributed by atoms with van der Waals surface area (Å²) in [5, 5.41) is 3.85. The van der Waals surface area contributed by atoms with Crippen LogP contribution in [-0.2, 0) is 6.54 Å². The molecule has 1 N–H and O–H groups in total. The quantitative estimate of drug-likeness (QED) is 0.904. The molecule has 0 amide bonds. The van der Waals surface area contributed by atoms with Gasteiger partial charge in [0.15, 0.2) is 11.6 Å². The second kappa shape index (κ2) is 7.27. The standard InChI is InChI=1S/C15H24FN3S/c1-4-13-10-19(7-8-20-13)15-14(16)12(5-6-17-15)9-18-11(2)3/h5-6,11,13,18H,4,7-10H2,1-3H3. The van der Waals surface area contributed by atoms with Crippen LogP contribution in [0.4, 0.5) is 10.2 Å². The summed E-state index contributed by atoms with van der Waals surface area (Å²) < 4.78 is 14.6. The summed E-state index contributed by atoms with van der Waals surface area (Å²) >= 11 is 1.98. The van der Waals surface area contributed by atoms with Crippen molar-refractivity contribution in [1.82, 2.24) is 10.3 Å². The third-order valence-corrected chi connectivity index (χ3v) is 4.92. The lowest BCUT2D eigenvalue weighted by molar-refractivity contribution is 0.546. The van der Waals surface area contributed by atoms with E-state index in [0.717, 1.165) is 25.3 Å². The smallest absolute Gasteiger partial charge is 0.170 e. The number of nitrogens with zero attached hydrogens (tertiary/aromatic N) is 2. The molecule has 1 aliphatic heterocycles. The fourth-order valence-electron chi connectivity index (χ4n) is 2.30. The third kappa shape index (κ3) is 3.85. The first-order valence-electron chi connectivity index (χ1n) is 7.35. The number of anilines is 1.